The van der Waals surface area contributed by atoms with E-state index in [9.17, 15) is 13.6 Å². The van der Waals surface area contributed by atoms with E-state index in [0.29, 0.717) is 23.1 Å². The molecule has 4 aromatic heterocycles. The number of carbonyl (C=O) groups excluding carboxylic acids is 1. The fourth-order valence-corrected chi connectivity index (χ4v) is 5.12. The molecule has 0 spiro atoms. The van der Waals surface area contributed by atoms with E-state index in [1.165, 1.54) is 22.2 Å². The molecule has 5 N–H and O–H groups in total. The highest BCUT2D eigenvalue weighted by Gasteiger charge is 2.24. The van der Waals surface area contributed by atoms with Crippen LogP contribution in [0.5, 0.6) is 0 Å². The van der Waals surface area contributed by atoms with Crippen molar-refractivity contribution < 1.29 is 38.1 Å². The van der Waals surface area contributed by atoms with Gasteiger partial charge in [0, 0.05) is 36.6 Å². The Morgan fingerprint density at radius 2 is 1.69 bits per heavy atom. The number of rotatable bonds is 9. The number of anilines is 1. The van der Waals surface area contributed by atoms with Crippen molar-refractivity contribution in [1.82, 2.24) is 29.5 Å². The minimum Gasteiger partial charge on any atom is -0.397 e. The number of nitrogens with one attached hydrogen (secondary N) is 1. The molecule has 0 unspecified atom stereocenters. The van der Waals surface area contributed by atoms with Gasteiger partial charge in [-0.2, -0.15) is 14.6 Å². The van der Waals surface area contributed by atoms with Gasteiger partial charge < -0.3 is 25.3 Å². The Morgan fingerprint density at radius 1 is 1.06 bits per heavy atom. The number of aliphatic hydroxyl groups excluding tert-OH is 2. The maximum Gasteiger partial charge on any atom is 0.328 e. The number of hydrogen-bond donors (Lipinski definition) is 5. The predicted octanol–water partition coefficient (Wildman–Crippen LogP) is 7.17. The third kappa shape index (κ3) is 14.6. The summed E-state index contributed by atoms with van der Waals surface area (Å²) in [4.78, 5) is 38.9. The molecule has 1 amide bonds. The Labute approximate surface area is 292 Å². The van der Waals surface area contributed by atoms with Crippen molar-refractivity contribution in [2.75, 3.05) is 18.5 Å². The second-order valence-electron chi connectivity index (χ2n) is 10.3. The second-order valence-corrected chi connectivity index (χ2v) is 11.9. The Morgan fingerprint density at radius 3 is 2.29 bits per heavy atom. The fourth-order valence-electron chi connectivity index (χ4n) is 4.13. The molecule has 0 atom stereocenters. The summed E-state index contributed by atoms with van der Waals surface area (Å²) in [6.07, 6.45) is 9.75. The van der Waals surface area contributed by atoms with Crippen LogP contribution < -0.4 is 5.32 Å². The van der Waals surface area contributed by atoms with Crippen molar-refractivity contribution in [3.63, 3.8) is 0 Å². The average molecular weight is 730 g/mol. The number of hydrogen-bond acceptors (Lipinski definition) is 11. The average Bonchev–Trinajstić information content (AvgIpc) is 3.88. The molecule has 1 saturated carbocycles. The molecule has 49 heavy (non-hydrogen) atoms. The number of nitrogens with zero attached hydrogens (tertiary/aromatic N) is 6. The van der Waals surface area contributed by atoms with Gasteiger partial charge in [-0.05, 0) is 37.8 Å². The summed E-state index contributed by atoms with van der Waals surface area (Å²) in [5, 5.41) is 29.1. The number of thiazole rings is 1. The minimum absolute atomic E-state index is 0.0420. The predicted molar refractivity (Wildman–Crippen MR) is 189 cm³/mol. The number of halogens is 2. The summed E-state index contributed by atoms with van der Waals surface area (Å²) in [6, 6.07) is 1.99. The molecule has 274 valence electrons. The number of aromatic nitrogens is 6. The quantitative estimate of drug-likeness (QED) is 0.0875. The number of carbonyl (C=O) groups is 1. The minimum atomic E-state index is -2.51. The molecule has 5 rings (SSSR count). The maximum atomic E-state index is 14.6. The molecule has 1 fully saturated rings. The Balaban J connectivity index is 0.000000880. The zero-order chi connectivity index (χ0) is 36.9. The first-order valence-corrected chi connectivity index (χ1v) is 18.3. The molecule has 0 radical (unpaired) electrons. The summed E-state index contributed by atoms with van der Waals surface area (Å²) in [5.74, 6) is -1.72. The van der Waals surface area contributed by atoms with E-state index < -0.39 is 26.3 Å². The van der Waals surface area contributed by atoms with E-state index in [2.05, 4.69) is 25.5 Å². The van der Waals surface area contributed by atoms with Gasteiger partial charge >= 0.3 is 8.60 Å². The highest BCUT2D eigenvalue weighted by Crippen LogP contribution is 2.34. The lowest BCUT2D eigenvalue weighted by molar-refractivity contribution is 0.102. The number of amides is 1. The van der Waals surface area contributed by atoms with Crippen LogP contribution in [0.15, 0.2) is 36.1 Å². The van der Waals surface area contributed by atoms with Crippen LogP contribution in [-0.2, 0) is 11.3 Å². The van der Waals surface area contributed by atoms with E-state index in [0.717, 1.165) is 44.2 Å². The lowest BCUT2D eigenvalue weighted by atomic mass is 9.96. The third-order valence-electron chi connectivity index (χ3n) is 6.25. The van der Waals surface area contributed by atoms with E-state index in [4.69, 9.17) is 24.5 Å². The van der Waals surface area contributed by atoms with Crippen LogP contribution >= 0.6 is 19.9 Å². The van der Waals surface area contributed by atoms with E-state index >= 15 is 0 Å². The van der Waals surface area contributed by atoms with Crippen LogP contribution in [0.1, 0.15) is 97.1 Å². The lowest BCUT2D eigenvalue weighted by Crippen LogP contribution is -2.14. The second kappa shape index (κ2) is 24.0. The fraction of sp³-hybridized carbons (Fsp3) is 0.531. The van der Waals surface area contributed by atoms with Crippen LogP contribution in [0, 0.1) is 17.7 Å². The molecule has 4 heterocycles. The maximum absolute atomic E-state index is 14.6. The van der Waals surface area contributed by atoms with Gasteiger partial charge in [0.15, 0.2) is 5.82 Å². The zero-order valence-electron chi connectivity index (χ0n) is 29.2. The number of aliphatic hydroxyl groups is 2. The Kier molecular flexibility index (Phi) is 21.4. The highest BCUT2D eigenvalue weighted by atomic mass is 32.1. The molecule has 0 aromatic carbocycles. The Bertz CT molecular complexity index is 1500. The van der Waals surface area contributed by atoms with Gasteiger partial charge in [-0.3, -0.25) is 14.0 Å². The van der Waals surface area contributed by atoms with Crippen molar-refractivity contribution in [2.45, 2.75) is 93.3 Å². The van der Waals surface area contributed by atoms with Gasteiger partial charge in [-0.25, -0.2) is 19.0 Å². The van der Waals surface area contributed by atoms with Crippen LogP contribution in [0.3, 0.4) is 0 Å². The molecule has 17 heteroatoms. The van der Waals surface area contributed by atoms with Crippen molar-refractivity contribution in [3.05, 3.63) is 53.6 Å². The first kappa shape index (κ1) is 43.8. The first-order chi connectivity index (χ1) is 23.6. The number of pyridine rings is 1. The van der Waals surface area contributed by atoms with Crippen molar-refractivity contribution in [2.24, 2.45) is 5.92 Å². The van der Waals surface area contributed by atoms with Crippen LogP contribution in [0.25, 0.3) is 22.0 Å². The molecule has 0 aliphatic heterocycles. The molecule has 1 aliphatic rings. The van der Waals surface area contributed by atoms with E-state index in [-0.39, 0.29) is 42.1 Å². The zero-order valence-corrected chi connectivity index (χ0v) is 30.9. The molecule has 13 nitrogen and oxygen atoms in total. The topological polar surface area (TPSA) is 181 Å². The molecule has 1 aliphatic carbocycles. The smallest absolute Gasteiger partial charge is 0.328 e. The molecular formula is C32H50F2N7O6PS. The van der Waals surface area contributed by atoms with Gasteiger partial charge in [0.25, 0.3) is 5.91 Å². The van der Waals surface area contributed by atoms with Crippen molar-refractivity contribution in [3.8, 4) is 22.0 Å². The van der Waals surface area contributed by atoms with Crippen LogP contribution in [-0.4, -0.2) is 68.6 Å². The highest BCUT2D eigenvalue weighted by molar-refractivity contribution is 7.39. The third-order valence-corrected chi connectivity index (χ3v) is 7.49. The first-order valence-electron chi connectivity index (χ1n) is 16.3. The summed E-state index contributed by atoms with van der Waals surface area (Å²) < 4.78 is 36.2. The van der Waals surface area contributed by atoms with Gasteiger partial charge in [0.05, 0.1) is 17.9 Å². The molecular weight excluding hydrogens is 679 g/mol. The standard InChI is InChI=1S/C22H22F2N7O4PS.C4H10O.C2H6O.2C2H6/c23-15-6-7-18(24)28-19(15)20-16(10-31(29-20)14-4-2-1-3-5-14)26-21(32)17-11-37-22(27-17)13-8-25-30(9-13)12-35-36(33)34;1-4(2)3-5;1-2-3;2*1-2/h6-11,14,33-34H,1-5,12H2,(H,26,32);4-5H,3H2,1-2H3;3H,2H2,1H3;2*1-2H3. The normalized spacial score (nSPS) is 12.5. The van der Waals surface area contributed by atoms with Crippen LogP contribution in [0.2, 0.25) is 0 Å². The van der Waals surface area contributed by atoms with Gasteiger partial charge in [0.2, 0.25) is 5.95 Å². The molecule has 0 saturated heterocycles. The SMILES string of the molecule is CC.CC.CC(C)CO.CCO.O=C(Nc1cn(C2CCCCC2)nc1-c1nc(F)ccc1F)c1csc(-c2cnn(COP(O)O)c2)n1. The van der Waals surface area contributed by atoms with Gasteiger partial charge in [-0.1, -0.05) is 60.8 Å². The van der Waals surface area contributed by atoms with Crippen molar-refractivity contribution >= 4 is 31.5 Å². The Hall–Kier alpha value is -3.24. The molecule has 0 bridgehead atoms. The van der Waals surface area contributed by atoms with Gasteiger partial charge in [0.1, 0.15) is 28.8 Å². The van der Waals surface area contributed by atoms with E-state index in [1.54, 1.807) is 29.4 Å². The molecule has 4 aromatic rings. The summed E-state index contributed by atoms with van der Waals surface area (Å²) in [7, 11) is -2.51. The summed E-state index contributed by atoms with van der Waals surface area (Å²) in [6.45, 7) is 14.0. The van der Waals surface area contributed by atoms with Crippen molar-refractivity contribution in [1.29, 1.82) is 0 Å². The summed E-state index contributed by atoms with van der Waals surface area (Å²) >= 11 is 1.21. The van der Waals surface area contributed by atoms with Crippen LogP contribution in [0.4, 0.5) is 14.5 Å². The lowest BCUT2D eigenvalue weighted by Gasteiger charge is -2.21. The monoisotopic (exact) mass is 729 g/mol. The summed E-state index contributed by atoms with van der Waals surface area (Å²) in [5.41, 5.74) is 0.678. The largest absolute Gasteiger partial charge is 0.397 e. The van der Waals surface area contributed by atoms with Gasteiger partial charge in [-0.15, -0.1) is 11.3 Å². The van der Waals surface area contributed by atoms with E-state index in [1.807, 2.05) is 41.5 Å².